The van der Waals surface area contributed by atoms with Gasteiger partial charge in [-0.2, -0.15) is 0 Å². The van der Waals surface area contributed by atoms with Gasteiger partial charge >= 0.3 is 0 Å². The molecule has 5 aromatic carbocycles. The number of aryl methyl sites for hydroxylation is 1. The molecular formula is C36H21N3O4. The lowest BCUT2D eigenvalue weighted by Crippen LogP contribution is -2.07. The summed E-state index contributed by atoms with van der Waals surface area (Å²) in [5.41, 5.74) is 4.17. The largest absolute Gasteiger partial charge is 0.456 e. The number of hydrogen-bond donors (Lipinski definition) is 0. The van der Waals surface area contributed by atoms with Crippen molar-refractivity contribution in [2.24, 2.45) is 0 Å². The SMILES string of the molecule is Cc1ccc2c(=O)c3c(ccc4c(=O)c5ccc(-c6nc(-c7ccccc7)nc(-c7ccccc7)n6)cc5oc43)oc2c1. The average Bonchev–Trinajstić information content (AvgIpc) is 3.05. The van der Waals surface area contributed by atoms with Crippen LogP contribution in [0.2, 0.25) is 0 Å². The van der Waals surface area contributed by atoms with E-state index in [1.54, 1.807) is 36.4 Å². The molecule has 0 radical (unpaired) electrons. The van der Waals surface area contributed by atoms with Crippen molar-refractivity contribution < 1.29 is 8.83 Å². The Hall–Kier alpha value is -5.95. The average molecular weight is 560 g/mol. The predicted octanol–water partition coefficient (Wildman–Crippen LogP) is 7.70. The van der Waals surface area contributed by atoms with Crippen LogP contribution in [0.5, 0.6) is 0 Å². The van der Waals surface area contributed by atoms with Gasteiger partial charge in [0, 0.05) is 16.7 Å². The van der Waals surface area contributed by atoms with Gasteiger partial charge in [-0.1, -0.05) is 72.8 Å². The topological polar surface area (TPSA) is 99.1 Å². The molecule has 0 spiro atoms. The quantitative estimate of drug-likeness (QED) is 0.162. The van der Waals surface area contributed by atoms with E-state index in [0.29, 0.717) is 55.9 Å². The Balaban J connectivity index is 1.38. The van der Waals surface area contributed by atoms with Crippen molar-refractivity contribution in [2.75, 3.05) is 0 Å². The summed E-state index contributed by atoms with van der Waals surface area (Å²) in [6.45, 7) is 1.94. The fourth-order valence-electron chi connectivity index (χ4n) is 5.43. The molecule has 8 rings (SSSR count). The lowest BCUT2D eigenvalue weighted by Gasteiger charge is -2.09. The Bertz CT molecular complexity index is 2450. The monoisotopic (exact) mass is 559 g/mol. The second-order valence-corrected chi connectivity index (χ2v) is 10.4. The number of aromatic nitrogens is 3. The van der Waals surface area contributed by atoms with Crippen molar-refractivity contribution in [3.05, 3.63) is 135 Å². The van der Waals surface area contributed by atoms with Crippen molar-refractivity contribution in [1.82, 2.24) is 15.0 Å². The maximum atomic E-state index is 13.6. The number of rotatable bonds is 3. The van der Waals surface area contributed by atoms with Crippen LogP contribution in [-0.2, 0) is 0 Å². The third kappa shape index (κ3) is 4.09. The molecule has 0 saturated heterocycles. The smallest absolute Gasteiger partial charge is 0.204 e. The van der Waals surface area contributed by atoms with Gasteiger partial charge in [0.2, 0.25) is 10.9 Å². The number of fused-ring (bicyclic) bond motifs is 5. The molecule has 0 N–H and O–H groups in total. The van der Waals surface area contributed by atoms with Crippen LogP contribution in [0.3, 0.4) is 0 Å². The van der Waals surface area contributed by atoms with Crippen molar-refractivity contribution in [3.8, 4) is 34.2 Å². The molecule has 43 heavy (non-hydrogen) atoms. The van der Waals surface area contributed by atoms with E-state index in [2.05, 4.69) is 0 Å². The molecule has 0 unspecified atom stereocenters. The second-order valence-electron chi connectivity index (χ2n) is 10.4. The molecule has 0 aliphatic rings. The number of benzene rings is 5. The van der Waals surface area contributed by atoms with Gasteiger partial charge < -0.3 is 8.83 Å². The van der Waals surface area contributed by atoms with Crippen molar-refractivity contribution in [3.63, 3.8) is 0 Å². The van der Waals surface area contributed by atoms with Gasteiger partial charge in [-0.05, 0) is 48.9 Å². The predicted molar refractivity (Wildman–Crippen MR) is 168 cm³/mol. The molecule has 3 aromatic heterocycles. The van der Waals surface area contributed by atoms with E-state index < -0.39 is 0 Å². The van der Waals surface area contributed by atoms with Crippen molar-refractivity contribution >= 4 is 43.9 Å². The van der Waals surface area contributed by atoms with Crippen LogP contribution in [0.15, 0.2) is 128 Å². The highest BCUT2D eigenvalue weighted by molar-refractivity contribution is 6.07. The fourth-order valence-corrected chi connectivity index (χ4v) is 5.43. The zero-order chi connectivity index (χ0) is 29.1. The van der Waals surface area contributed by atoms with Crippen LogP contribution in [0.25, 0.3) is 78.0 Å². The van der Waals surface area contributed by atoms with Crippen LogP contribution in [0.1, 0.15) is 5.56 Å². The van der Waals surface area contributed by atoms with E-state index in [1.165, 1.54) is 0 Å². The summed E-state index contributed by atoms with van der Waals surface area (Å²) in [5.74, 6) is 1.47. The van der Waals surface area contributed by atoms with Crippen molar-refractivity contribution in [1.29, 1.82) is 0 Å². The van der Waals surface area contributed by atoms with Crippen LogP contribution in [0.4, 0.5) is 0 Å². The van der Waals surface area contributed by atoms with Gasteiger partial charge in [0.1, 0.15) is 22.1 Å². The lowest BCUT2D eigenvalue weighted by atomic mass is 10.1. The molecule has 0 saturated carbocycles. The first-order chi connectivity index (χ1) is 21.0. The summed E-state index contributed by atoms with van der Waals surface area (Å²) in [6.07, 6.45) is 0. The zero-order valence-corrected chi connectivity index (χ0v) is 22.9. The molecule has 0 bridgehead atoms. The van der Waals surface area contributed by atoms with E-state index >= 15 is 0 Å². The highest BCUT2D eigenvalue weighted by atomic mass is 16.3. The van der Waals surface area contributed by atoms with Gasteiger partial charge in [-0.25, -0.2) is 15.0 Å². The maximum Gasteiger partial charge on any atom is 0.204 e. The summed E-state index contributed by atoms with van der Waals surface area (Å²) >= 11 is 0. The lowest BCUT2D eigenvalue weighted by molar-refractivity contribution is 0.649. The van der Waals surface area contributed by atoms with Crippen LogP contribution in [-0.4, -0.2) is 15.0 Å². The standard InChI is InChI=1S/C36H21N3O4/c1-20-12-14-25-28(18-20)42-27-17-16-26-31(40)24-15-13-23(19-29(24)43-33(26)30(27)32(25)41)36-38-34(21-8-4-2-5-9-21)37-35(39-36)22-10-6-3-7-11-22/h2-19H,1H3. The minimum absolute atomic E-state index is 0.189. The van der Waals surface area contributed by atoms with Crippen LogP contribution >= 0.6 is 0 Å². The molecule has 0 aliphatic carbocycles. The van der Waals surface area contributed by atoms with E-state index in [1.807, 2.05) is 79.7 Å². The fraction of sp³-hybridized carbons (Fsp3) is 0.0278. The van der Waals surface area contributed by atoms with Crippen LogP contribution < -0.4 is 10.9 Å². The third-order valence-electron chi connectivity index (χ3n) is 7.59. The van der Waals surface area contributed by atoms with Gasteiger partial charge in [-0.15, -0.1) is 0 Å². The normalized spacial score (nSPS) is 11.6. The molecule has 7 nitrogen and oxygen atoms in total. The van der Waals surface area contributed by atoms with Gasteiger partial charge in [-0.3, -0.25) is 9.59 Å². The molecule has 204 valence electrons. The summed E-state index contributed by atoms with van der Waals surface area (Å²) in [5, 5.41) is 1.35. The number of nitrogens with zero attached hydrogens (tertiary/aromatic N) is 3. The highest BCUT2D eigenvalue weighted by Gasteiger charge is 2.18. The molecular weight excluding hydrogens is 538 g/mol. The Morgan fingerprint density at radius 2 is 1.05 bits per heavy atom. The highest BCUT2D eigenvalue weighted by Crippen LogP contribution is 2.30. The first kappa shape index (κ1) is 24.8. The van der Waals surface area contributed by atoms with Gasteiger partial charge in [0.15, 0.2) is 23.1 Å². The Kier molecular flexibility index (Phi) is 5.52. The third-order valence-corrected chi connectivity index (χ3v) is 7.59. The van der Waals surface area contributed by atoms with E-state index in [4.69, 9.17) is 23.8 Å². The van der Waals surface area contributed by atoms with E-state index in [0.717, 1.165) is 16.7 Å². The summed E-state index contributed by atoms with van der Waals surface area (Å²) in [6, 6.07) is 33.3. The summed E-state index contributed by atoms with van der Waals surface area (Å²) < 4.78 is 12.4. The van der Waals surface area contributed by atoms with E-state index in [9.17, 15) is 9.59 Å². The second kappa shape index (κ2) is 9.56. The van der Waals surface area contributed by atoms with Crippen molar-refractivity contribution in [2.45, 2.75) is 6.92 Å². The summed E-state index contributed by atoms with van der Waals surface area (Å²) in [4.78, 5) is 41.6. The van der Waals surface area contributed by atoms with Gasteiger partial charge in [0.05, 0.1) is 16.2 Å². The number of hydrogen-bond acceptors (Lipinski definition) is 7. The molecule has 8 aromatic rings. The zero-order valence-electron chi connectivity index (χ0n) is 22.9. The molecule has 0 fully saturated rings. The van der Waals surface area contributed by atoms with E-state index in [-0.39, 0.29) is 21.8 Å². The molecule has 3 heterocycles. The first-order valence-corrected chi connectivity index (χ1v) is 13.8. The van der Waals surface area contributed by atoms with Crippen LogP contribution in [0, 0.1) is 6.92 Å². The molecule has 0 amide bonds. The Morgan fingerprint density at radius 1 is 0.488 bits per heavy atom. The molecule has 7 heteroatoms. The maximum absolute atomic E-state index is 13.6. The minimum atomic E-state index is -0.252. The van der Waals surface area contributed by atoms with Gasteiger partial charge in [0.25, 0.3) is 0 Å². The molecule has 0 atom stereocenters. The first-order valence-electron chi connectivity index (χ1n) is 13.8. The Labute approximate surface area is 243 Å². The minimum Gasteiger partial charge on any atom is -0.456 e. The summed E-state index contributed by atoms with van der Waals surface area (Å²) in [7, 11) is 0. The molecule has 0 aliphatic heterocycles. The Morgan fingerprint density at radius 3 is 1.72 bits per heavy atom.